The zero-order chi connectivity index (χ0) is 14.8. The predicted molar refractivity (Wildman–Crippen MR) is 79.7 cm³/mol. The number of hydrogen-bond donors (Lipinski definition) is 2. The van der Waals surface area contributed by atoms with Crippen LogP contribution in [-0.2, 0) is 0 Å². The monoisotopic (exact) mass is 282 g/mol. The molecule has 1 amide bonds. The summed E-state index contributed by atoms with van der Waals surface area (Å²) in [5.41, 5.74) is 7.18. The Balaban J connectivity index is 2.04. The third kappa shape index (κ3) is 2.43. The lowest BCUT2D eigenvalue weighted by Crippen LogP contribution is -2.23. The molecule has 1 aromatic heterocycles. The Morgan fingerprint density at radius 3 is 2.71 bits per heavy atom. The van der Waals surface area contributed by atoms with Crippen LogP contribution in [-0.4, -0.2) is 22.6 Å². The van der Waals surface area contributed by atoms with E-state index in [-0.39, 0.29) is 17.6 Å². The Morgan fingerprint density at radius 2 is 2.00 bits per heavy atom. The highest BCUT2D eigenvalue weighted by Crippen LogP contribution is 2.29. The lowest BCUT2D eigenvalue weighted by molar-refractivity contribution is 0.0942. The van der Waals surface area contributed by atoms with E-state index in [1.165, 1.54) is 0 Å². The molecule has 0 atom stereocenters. The number of nitrogens with zero attached hydrogens (tertiary/aromatic N) is 2. The van der Waals surface area contributed by atoms with Crippen molar-refractivity contribution in [3.63, 3.8) is 0 Å². The summed E-state index contributed by atoms with van der Waals surface area (Å²) in [5.74, 6) is -0.134. The third-order valence-corrected chi connectivity index (χ3v) is 3.11. The van der Waals surface area contributed by atoms with Crippen molar-refractivity contribution in [1.82, 2.24) is 15.5 Å². The molecule has 0 saturated heterocycles. The molecule has 0 saturated carbocycles. The minimum atomic E-state index is -0.369. The van der Waals surface area contributed by atoms with E-state index in [1.807, 2.05) is 43.3 Å². The predicted octanol–water partition coefficient (Wildman–Crippen LogP) is 2.22. The van der Waals surface area contributed by atoms with Crippen LogP contribution in [0.3, 0.4) is 0 Å². The molecule has 1 heterocycles. The molecule has 6 heteroatoms. The Kier molecular flexibility index (Phi) is 3.27. The van der Waals surface area contributed by atoms with Crippen LogP contribution in [0.4, 0.5) is 5.69 Å². The molecule has 6 nitrogen and oxygen atoms in total. The quantitative estimate of drug-likeness (QED) is 0.718. The van der Waals surface area contributed by atoms with E-state index in [2.05, 4.69) is 15.5 Å². The standard InChI is InChI=1S/C15H14N4O2/c1-2-17-14(20)13-18-15(21-19-13)11-7-9-5-3-4-6-10(9)8-12(11)16/h3-8H,2,16H2,1H3,(H,17,20). The fraction of sp³-hybridized carbons (Fsp3) is 0.133. The molecule has 106 valence electrons. The molecule has 0 aliphatic rings. The van der Waals surface area contributed by atoms with Crippen molar-refractivity contribution in [3.8, 4) is 11.5 Å². The minimum Gasteiger partial charge on any atom is -0.398 e. The van der Waals surface area contributed by atoms with Crippen LogP contribution in [0.2, 0.25) is 0 Å². The molecule has 3 N–H and O–H groups in total. The van der Waals surface area contributed by atoms with E-state index < -0.39 is 0 Å². The lowest BCUT2D eigenvalue weighted by atomic mass is 10.1. The van der Waals surface area contributed by atoms with Crippen molar-refractivity contribution in [1.29, 1.82) is 0 Å². The number of carbonyl (C=O) groups is 1. The van der Waals surface area contributed by atoms with Crippen molar-refractivity contribution >= 4 is 22.4 Å². The number of hydrogen-bond acceptors (Lipinski definition) is 5. The molecule has 0 fully saturated rings. The van der Waals surface area contributed by atoms with Crippen LogP contribution < -0.4 is 11.1 Å². The molecule has 0 bridgehead atoms. The smallest absolute Gasteiger partial charge is 0.292 e. The van der Waals surface area contributed by atoms with Crippen LogP contribution in [0.5, 0.6) is 0 Å². The Hall–Kier alpha value is -2.89. The highest BCUT2D eigenvalue weighted by molar-refractivity contribution is 5.93. The van der Waals surface area contributed by atoms with Gasteiger partial charge in [0.1, 0.15) is 0 Å². The average Bonchev–Trinajstić information content (AvgIpc) is 2.96. The van der Waals surface area contributed by atoms with Gasteiger partial charge in [-0.25, -0.2) is 0 Å². The highest BCUT2D eigenvalue weighted by atomic mass is 16.5. The molecule has 2 aromatic carbocycles. The Bertz CT molecular complexity index is 810. The number of carbonyl (C=O) groups excluding carboxylic acids is 1. The van der Waals surface area contributed by atoms with Gasteiger partial charge in [0.05, 0.1) is 5.56 Å². The lowest BCUT2D eigenvalue weighted by Gasteiger charge is -2.04. The Labute approximate surface area is 121 Å². The van der Waals surface area contributed by atoms with E-state index in [0.717, 1.165) is 10.8 Å². The van der Waals surface area contributed by atoms with Crippen LogP contribution in [0.15, 0.2) is 40.9 Å². The van der Waals surface area contributed by atoms with Gasteiger partial charge in [-0.15, -0.1) is 0 Å². The molecule has 3 rings (SSSR count). The Morgan fingerprint density at radius 1 is 1.29 bits per heavy atom. The second-order valence-electron chi connectivity index (χ2n) is 4.57. The fourth-order valence-corrected chi connectivity index (χ4v) is 2.11. The molecular weight excluding hydrogens is 268 g/mol. The second-order valence-corrected chi connectivity index (χ2v) is 4.57. The first kappa shape index (κ1) is 13.1. The van der Waals surface area contributed by atoms with Crippen molar-refractivity contribution < 1.29 is 9.32 Å². The molecule has 0 spiro atoms. The van der Waals surface area contributed by atoms with Crippen molar-refractivity contribution in [2.75, 3.05) is 12.3 Å². The normalized spacial score (nSPS) is 10.7. The molecule has 21 heavy (non-hydrogen) atoms. The summed E-state index contributed by atoms with van der Waals surface area (Å²) in [7, 11) is 0. The molecule has 0 aliphatic carbocycles. The van der Waals surface area contributed by atoms with Crippen LogP contribution in [0, 0.1) is 0 Å². The van der Waals surface area contributed by atoms with Crippen molar-refractivity contribution in [3.05, 3.63) is 42.2 Å². The zero-order valence-corrected chi connectivity index (χ0v) is 11.5. The minimum absolute atomic E-state index is 0.000548. The number of aromatic nitrogens is 2. The van der Waals surface area contributed by atoms with Gasteiger partial charge in [0.25, 0.3) is 17.6 Å². The van der Waals surface area contributed by atoms with Gasteiger partial charge in [0, 0.05) is 12.2 Å². The van der Waals surface area contributed by atoms with Crippen LogP contribution >= 0.6 is 0 Å². The maximum atomic E-state index is 11.7. The van der Waals surface area contributed by atoms with Gasteiger partial charge < -0.3 is 15.6 Å². The molecule has 3 aromatic rings. The van der Waals surface area contributed by atoms with Crippen LogP contribution in [0.25, 0.3) is 22.2 Å². The number of rotatable bonds is 3. The van der Waals surface area contributed by atoms with Crippen LogP contribution in [0.1, 0.15) is 17.5 Å². The second kappa shape index (κ2) is 5.24. The van der Waals surface area contributed by atoms with Gasteiger partial charge in [0.15, 0.2) is 0 Å². The zero-order valence-electron chi connectivity index (χ0n) is 11.5. The first-order valence-corrected chi connectivity index (χ1v) is 6.59. The molecule has 0 unspecified atom stereocenters. The summed E-state index contributed by atoms with van der Waals surface area (Å²) in [4.78, 5) is 15.8. The van der Waals surface area contributed by atoms with Gasteiger partial charge >= 0.3 is 0 Å². The maximum absolute atomic E-state index is 11.7. The highest BCUT2D eigenvalue weighted by Gasteiger charge is 2.17. The average molecular weight is 282 g/mol. The number of fused-ring (bicyclic) bond motifs is 1. The summed E-state index contributed by atoms with van der Waals surface area (Å²) in [6, 6.07) is 11.6. The van der Waals surface area contributed by atoms with E-state index in [1.54, 1.807) is 0 Å². The van der Waals surface area contributed by atoms with Gasteiger partial charge in [-0.2, -0.15) is 4.98 Å². The maximum Gasteiger partial charge on any atom is 0.292 e. The summed E-state index contributed by atoms with van der Waals surface area (Å²) in [6.07, 6.45) is 0. The van der Waals surface area contributed by atoms with E-state index in [0.29, 0.717) is 17.8 Å². The summed E-state index contributed by atoms with van der Waals surface area (Å²) in [5, 5.41) is 8.34. The van der Waals surface area contributed by atoms with E-state index in [4.69, 9.17) is 10.3 Å². The van der Waals surface area contributed by atoms with Gasteiger partial charge in [-0.1, -0.05) is 29.4 Å². The fourth-order valence-electron chi connectivity index (χ4n) is 2.11. The topological polar surface area (TPSA) is 94.0 Å². The largest absolute Gasteiger partial charge is 0.398 e. The summed E-state index contributed by atoms with van der Waals surface area (Å²) < 4.78 is 5.15. The van der Waals surface area contributed by atoms with Crippen molar-refractivity contribution in [2.45, 2.75) is 6.92 Å². The molecular formula is C15H14N4O2. The summed E-state index contributed by atoms with van der Waals surface area (Å²) >= 11 is 0. The van der Waals surface area contributed by atoms with E-state index >= 15 is 0 Å². The summed E-state index contributed by atoms with van der Waals surface area (Å²) in [6.45, 7) is 2.32. The number of anilines is 1. The third-order valence-electron chi connectivity index (χ3n) is 3.11. The van der Waals surface area contributed by atoms with Crippen molar-refractivity contribution in [2.24, 2.45) is 0 Å². The number of nitrogen functional groups attached to an aromatic ring is 1. The molecule has 0 aliphatic heterocycles. The number of nitrogens with two attached hydrogens (primary N) is 1. The number of nitrogens with one attached hydrogen (secondary N) is 1. The van der Waals surface area contributed by atoms with Gasteiger partial charge in [-0.3, -0.25) is 4.79 Å². The van der Waals surface area contributed by atoms with E-state index in [9.17, 15) is 4.79 Å². The number of benzene rings is 2. The first-order chi connectivity index (χ1) is 10.2. The molecule has 0 radical (unpaired) electrons. The first-order valence-electron chi connectivity index (χ1n) is 6.59. The number of amides is 1. The van der Waals surface area contributed by atoms with Gasteiger partial charge in [-0.05, 0) is 29.8 Å². The SMILES string of the molecule is CCNC(=O)c1noc(-c2cc3ccccc3cc2N)n1. The van der Waals surface area contributed by atoms with Gasteiger partial charge in [0.2, 0.25) is 0 Å².